The van der Waals surface area contributed by atoms with Crippen LogP contribution in [-0.4, -0.2) is 47.0 Å². The maximum Gasteiger partial charge on any atom is 0.405 e. The number of hydrogen-bond donors (Lipinski definition) is 3. The second-order valence-corrected chi connectivity index (χ2v) is 8.47. The summed E-state index contributed by atoms with van der Waals surface area (Å²) in [5.74, 6) is 0.251. The number of rotatable bonds is 4. The number of anilines is 1. The predicted octanol–water partition coefficient (Wildman–Crippen LogP) is 3.39. The molecule has 2 amide bonds. The number of fused-ring (bicyclic) bond motifs is 1. The second-order valence-electron chi connectivity index (χ2n) is 8.47. The fourth-order valence-corrected chi connectivity index (χ4v) is 4.56. The Bertz CT molecular complexity index is 1220. The zero-order valence-corrected chi connectivity index (χ0v) is 18.0. The normalized spacial score (nSPS) is 21.6. The van der Waals surface area contributed by atoms with Gasteiger partial charge in [0.15, 0.2) is 6.61 Å². The van der Waals surface area contributed by atoms with Crippen LogP contribution < -0.4 is 15.0 Å². The van der Waals surface area contributed by atoms with E-state index in [2.05, 4.69) is 5.32 Å². The fraction of sp³-hybridized carbons (Fsp3) is 0.240. The standard InChI is InChI=1S/C25H23N3O5/c1-28-20-11-19(15-5-3-2-4-6-15)22(26-23(20)33-14-21(28)30)16-7-9-17(10-8-16)25(27-24(31)32)12-18(29)13-25/h2-11,18,27,29H,12-14H2,1H3,(H,31,32)/t18-,25-. The molecule has 1 aliphatic heterocycles. The van der Waals surface area contributed by atoms with Crippen molar-refractivity contribution < 1.29 is 24.5 Å². The summed E-state index contributed by atoms with van der Waals surface area (Å²) in [5, 5.41) is 21.7. The number of benzene rings is 2. The SMILES string of the molecule is CN1C(=O)COc2nc(-c3ccc([C@]4(NC(=O)O)C[C@H](O)C4)cc3)c(-c3ccccc3)cc21. The molecule has 2 aliphatic rings. The van der Waals surface area contributed by atoms with Gasteiger partial charge in [-0.25, -0.2) is 9.78 Å². The average molecular weight is 445 g/mol. The molecule has 1 aromatic heterocycles. The summed E-state index contributed by atoms with van der Waals surface area (Å²) in [6.07, 6.45) is -0.983. The highest BCUT2D eigenvalue weighted by Gasteiger charge is 2.46. The third kappa shape index (κ3) is 3.68. The topological polar surface area (TPSA) is 112 Å². The Kier molecular flexibility index (Phi) is 5.02. The van der Waals surface area contributed by atoms with E-state index in [1.54, 1.807) is 11.9 Å². The first-order valence-electron chi connectivity index (χ1n) is 10.7. The van der Waals surface area contributed by atoms with Gasteiger partial charge in [-0.3, -0.25) is 4.79 Å². The zero-order valence-electron chi connectivity index (χ0n) is 18.0. The van der Waals surface area contributed by atoms with Crippen molar-refractivity contribution in [3.63, 3.8) is 0 Å². The van der Waals surface area contributed by atoms with Crippen LogP contribution in [0.25, 0.3) is 22.4 Å². The van der Waals surface area contributed by atoms with E-state index in [4.69, 9.17) is 9.72 Å². The van der Waals surface area contributed by atoms with Crippen LogP contribution >= 0.6 is 0 Å². The number of nitrogens with one attached hydrogen (secondary N) is 1. The van der Waals surface area contributed by atoms with E-state index in [1.165, 1.54) is 0 Å². The molecular formula is C25H23N3O5. The van der Waals surface area contributed by atoms with Gasteiger partial charge in [-0.2, -0.15) is 0 Å². The first-order valence-corrected chi connectivity index (χ1v) is 10.7. The lowest BCUT2D eigenvalue weighted by molar-refractivity contribution is -0.121. The van der Waals surface area contributed by atoms with Crippen LogP contribution in [0.15, 0.2) is 60.7 Å². The summed E-state index contributed by atoms with van der Waals surface area (Å²) < 4.78 is 5.61. The maximum atomic E-state index is 12.1. The molecule has 8 nitrogen and oxygen atoms in total. The van der Waals surface area contributed by atoms with Gasteiger partial charge in [0.2, 0.25) is 5.88 Å². The molecular weight excluding hydrogens is 422 g/mol. The Morgan fingerprint density at radius 1 is 1.12 bits per heavy atom. The lowest BCUT2D eigenvalue weighted by Crippen LogP contribution is -2.56. The highest BCUT2D eigenvalue weighted by molar-refractivity contribution is 5.98. The van der Waals surface area contributed by atoms with E-state index >= 15 is 0 Å². The average Bonchev–Trinajstić information content (AvgIpc) is 2.80. The van der Waals surface area contributed by atoms with Gasteiger partial charge in [0.05, 0.1) is 17.3 Å². The molecule has 0 bridgehead atoms. The minimum Gasteiger partial charge on any atom is -0.466 e. The van der Waals surface area contributed by atoms with E-state index in [9.17, 15) is 19.8 Å². The lowest BCUT2D eigenvalue weighted by atomic mass is 9.69. The van der Waals surface area contributed by atoms with Gasteiger partial charge < -0.3 is 25.2 Å². The Morgan fingerprint density at radius 3 is 2.45 bits per heavy atom. The monoisotopic (exact) mass is 445 g/mol. The number of aliphatic hydroxyl groups is 1. The summed E-state index contributed by atoms with van der Waals surface area (Å²) >= 11 is 0. The molecule has 1 saturated carbocycles. The highest BCUT2D eigenvalue weighted by atomic mass is 16.5. The lowest BCUT2D eigenvalue weighted by Gasteiger charge is -2.45. The van der Waals surface area contributed by atoms with Gasteiger partial charge in [0, 0.05) is 31.0 Å². The molecule has 0 atom stereocenters. The van der Waals surface area contributed by atoms with Gasteiger partial charge in [-0.05, 0) is 17.2 Å². The van der Waals surface area contributed by atoms with Crippen molar-refractivity contribution in [1.82, 2.24) is 10.3 Å². The van der Waals surface area contributed by atoms with Gasteiger partial charge in [0.1, 0.15) is 5.69 Å². The molecule has 1 fully saturated rings. The number of likely N-dealkylation sites (N-methyl/N-ethyl adjacent to an activating group) is 1. The molecule has 0 radical (unpaired) electrons. The number of carbonyl (C=O) groups is 2. The minimum atomic E-state index is -1.12. The van der Waals surface area contributed by atoms with Crippen molar-refractivity contribution in [2.75, 3.05) is 18.6 Å². The second kappa shape index (κ2) is 7.90. The van der Waals surface area contributed by atoms with Crippen molar-refractivity contribution in [2.45, 2.75) is 24.5 Å². The van der Waals surface area contributed by atoms with Crippen LogP contribution in [-0.2, 0) is 10.3 Å². The smallest absolute Gasteiger partial charge is 0.405 e. The molecule has 5 rings (SSSR count). The van der Waals surface area contributed by atoms with Crippen LogP contribution in [0.1, 0.15) is 18.4 Å². The van der Waals surface area contributed by atoms with Crippen molar-refractivity contribution in [2.24, 2.45) is 0 Å². The zero-order chi connectivity index (χ0) is 23.2. The van der Waals surface area contributed by atoms with Crippen LogP contribution in [0.5, 0.6) is 5.88 Å². The van der Waals surface area contributed by atoms with Gasteiger partial charge in [0.25, 0.3) is 5.91 Å². The molecule has 3 N–H and O–H groups in total. The first kappa shape index (κ1) is 21.0. The largest absolute Gasteiger partial charge is 0.466 e. The van der Waals surface area contributed by atoms with E-state index in [1.807, 2.05) is 60.7 Å². The van der Waals surface area contributed by atoms with E-state index in [0.29, 0.717) is 30.1 Å². The van der Waals surface area contributed by atoms with E-state index < -0.39 is 17.7 Å². The molecule has 8 heteroatoms. The number of amides is 2. The van der Waals surface area contributed by atoms with Gasteiger partial charge >= 0.3 is 6.09 Å². The predicted molar refractivity (Wildman–Crippen MR) is 122 cm³/mol. The number of carbonyl (C=O) groups excluding carboxylic acids is 1. The van der Waals surface area contributed by atoms with Crippen molar-refractivity contribution >= 4 is 17.7 Å². The number of ether oxygens (including phenoxy) is 1. The maximum absolute atomic E-state index is 12.1. The Balaban J connectivity index is 1.59. The minimum absolute atomic E-state index is 0.0642. The van der Waals surface area contributed by atoms with Gasteiger partial charge in [-0.1, -0.05) is 54.6 Å². The molecule has 0 unspecified atom stereocenters. The summed E-state index contributed by atoms with van der Waals surface area (Å²) in [7, 11) is 1.70. The molecule has 3 aromatic rings. The number of aliphatic hydroxyl groups excluding tert-OH is 1. The van der Waals surface area contributed by atoms with Crippen LogP contribution in [0.3, 0.4) is 0 Å². The summed E-state index contributed by atoms with van der Waals surface area (Å²) in [5.41, 5.74) is 3.94. The molecule has 2 aromatic carbocycles. The number of pyridine rings is 1. The number of aromatic nitrogens is 1. The van der Waals surface area contributed by atoms with Crippen LogP contribution in [0, 0.1) is 0 Å². The summed E-state index contributed by atoms with van der Waals surface area (Å²) in [6.45, 7) is -0.0642. The third-order valence-electron chi connectivity index (χ3n) is 6.35. The summed E-state index contributed by atoms with van der Waals surface area (Å²) in [4.78, 5) is 29.8. The van der Waals surface area contributed by atoms with Crippen molar-refractivity contribution in [1.29, 1.82) is 0 Å². The Labute approximate surface area is 190 Å². The molecule has 0 saturated heterocycles. The Morgan fingerprint density at radius 2 is 1.82 bits per heavy atom. The summed E-state index contributed by atoms with van der Waals surface area (Å²) in [6, 6.07) is 19.2. The van der Waals surface area contributed by atoms with E-state index in [0.717, 1.165) is 22.3 Å². The molecule has 0 spiro atoms. The van der Waals surface area contributed by atoms with Gasteiger partial charge in [-0.15, -0.1) is 0 Å². The third-order valence-corrected chi connectivity index (χ3v) is 6.35. The van der Waals surface area contributed by atoms with Crippen LogP contribution in [0.4, 0.5) is 10.5 Å². The first-order chi connectivity index (χ1) is 15.9. The molecule has 2 heterocycles. The quantitative estimate of drug-likeness (QED) is 0.568. The number of hydrogen-bond acceptors (Lipinski definition) is 5. The number of carboxylic acid groups (broad SMARTS) is 1. The van der Waals surface area contributed by atoms with Crippen molar-refractivity contribution in [3.05, 3.63) is 66.2 Å². The highest BCUT2D eigenvalue weighted by Crippen LogP contribution is 2.43. The molecule has 168 valence electrons. The fourth-order valence-electron chi connectivity index (χ4n) is 4.56. The molecule has 33 heavy (non-hydrogen) atoms. The van der Waals surface area contributed by atoms with Crippen LogP contribution in [0.2, 0.25) is 0 Å². The number of nitrogens with zero attached hydrogens (tertiary/aromatic N) is 2. The molecule has 1 aliphatic carbocycles. The van der Waals surface area contributed by atoms with E-state index in [-0.39, 0.29) is 12.5 Å². The Hall–Kier alpha value is -3.91. The van der Waals surface area contributed by atoms with Crippen molar-refractivity contribution in [3.8, 4) is 28.3 Å².